The fraction of sp³-hybridized carbons (Fsp3) is 0.840. The van der Waals surface area contributed by atoms with Gasteiger partial charge in [0.2, 0.25) is 17.7 Å². The number of thioether (sulfide) groups is 1. The van der Waals surface area contributed by atoms with E-state index in [1.54, 1.807) is 7.05 Å². The fourth-order valence-electron chi connectivity index (χ4n) is 5.07. The molecule has 190 valence electrons. The predicted octanol–water partition coefficient (Wildman–Crippen LogP) is 3.55. The van der Waals surface area contributed by atoms with Crippen molar-refractivity contribution in [3.63, 3.8) is 0 Å². The molecule has 2 atom stereocenters. The van der Waals surface area contributed by atoms with Crippen molar-refractivity contribution in [1.82, 2.24) is 15.5 Å². The molecule has 0 bridgehead atoms. The van der Waals surface area contributed by atoms with Crippen LogP contribution in [0, 0.1) is 10.8 Å². The summed E-state index contributed by atoms with van der Waals surface area (Å²) < 4.78 is 0. The number of hydrogen-bond acceptors (Lipinski definition) is 6. The molecule has 2 unspecified atom stereocenters. The Labute approximate surface area is 204 Å². The molecule has 0 aromatic carbocycles. The van der Waals surface area contributed by atoms with Crippen LogP contribution in [0.25, 0.3) is 0 Å². The first-order valence-electron chi connectivity index (χ1n) is 11.7. The van der Waals surface area contributed by atoms with E-state index >= 15 is 0 Å². The number of imide groups is 1. The molecule has 0 spiro atoms. The van der Waals surface area contributed by atoms with Gasteiger partial charge in [-0.25, -0.2) is 0 Å². The van der Waals surface area contributed by atoms with Gasteiger partial charge in [0.25, 0.3) is 0 Å². The predicted molar refractivity (Wildman–Crippen MR) is 135 cm³/mol. The summed E-state index contributed by atoms with van der Waals surface area (Å²) >= 11 is 1.34. The summed E-state index contributed by atoms with van der Waals surface area (Å²) in [5.74, 6) is -0.122. The van der Waals surface area contributed by atoms with Gasteiger partial charge < -0.3 is 10.6 Å². The molecule has 33 heavy (non-hydrogen) atoms. The Morgan fingerprint density at radius 2 is 1.58 bits per heavy atom. The topological polar surface area (TPSA) is 95.6 Å². The third-order valence-corrected chi connectivity index (χ3v) is 7.22. The van der Waals surface area contributed by atoms with Crippen molar-refractivity contribution < 1.29 is 19.2 Å². The van der Waals surface area contributed by atoms with Crippen molar-refractivity contribution >= 4 is 35.3 Å². The van der Waals surface area contributed by atoms with Crippen molar-refractivity contribution in [3.05, 3.63) is 0 Å². The number of likely N-dealkylation sites (N-methyl/N-ethyl adjacent to an activating group) is 1. The average molecular weight is 484 g/mol. The number of amides is 3. The summed E-state index contributed by atoms with van der Waals surface area (Å²) in [6.07, 6.45) is 1.28. The Morgan fingerprint density at radius 1 is 1.03 bits per heavy atom. The van der Waals surface area contributed by atoms with Crippen LogP contribution in [0.15, 0.2) is 0 Å². The van der Waals surface area contributed by atoms with Crippen LogP contribution in [0.4, 0.5) is 0 Å². The number of hydrogen-bond donors (Lipinski definition) is 2. The number of nitrogens with zero attached hydrogens (tertiary/aromatic N) is 1. The molecule has 8 heteroatoms. The molecule has 1 heterocycles. The lowest BCUT2D eigenvalue weighted by Gasteiger charge is -2.41. The van der Waals surface area contributed by atoms with Crippen molar-refractivity contribution in [3.8, 4) is 0 Å². The monoisotopic (exact) mass is 483 g/mol. The van der Waals surface area contributed by atoms with Gasteiger partial charge in [-0.1, -0.05) is 34.6 Å². The molecular formula is C25H45N3O4S. The van der Waals surface area contributed by atoms with Crippen LogP contribution < -0.4 is 10.6 Å². The first kappa shape index (κ1) is 29.6. The highest BCUT2D eigenvalue weighted by Gasteiger charge is 2.49. The Kier molecular flexibility index (Phi) is 9.39. The van der Waals surface area contributed by atoms with Gasteiger partial charge in [-0.2, -0.15) is 0 Å². The second kappa shape index (κ2) is 10.5. The zero-order chi connectivity index (χ0) is 26.0. The molecule has 1 rings (SSSR count). The molecule has 7 nitrogen and oxygen atoms in total. The van der Waals surface area contributed by atoms with E-state index in [1.165, 1.54) is 23.6 Å². The molecule has 1 aliphatic heterocycles. The first-order chi connectivity index (χ1) is 14.7. The summed E-state index contributed by atoms with van der Waals surface area (Å²) in [5, 5.41) is 5.62. The molecule has 0 aliphatic carbocycles. The summed E-state index contributed by atoms with van der Waals surface area (Å²) in [4.78, 5) is 52.2. The smallest absolute Gasteiger partial charge is 0.243 e. The standard InChI is InChI=1S/C25H45N3O4S/c1-16(29)17(26-11)13-33-18-12-19(30)28(20(18)31)25(9,10)15-23(5,6)21(32)27-24(7,8)14-22(2,3)4/h17-18,26H,12-15H2,1-11H3,(H,27,32). The molecule has 2 N–H and O–H groups in total. The zero-order valence-electron chi connectivity index (χ0n) is 22.5. The maximum absolute atomic E-state index is 13.2. The van der Waals surface area contributed by atoms with Gasteiger partial charge in [0.1, 0.15) is 5.78 Å². The van der Waals surface area contributed by atoms with Gasteiger partial charge in [0, 0.05) is 28.7 Å². The van der Waals surface area contributed by atoms with E-state index in [-0.39, 0.29) is 46.9 Å². The number of likely N-dealkylation sites (tertiary alicyclic amines) is 1. The Bertz CT molecular complexity index is 768. The van der Waals surface area contributed by atoms with Crippen LogP contribution >= 0.6 is 11.8 Å². The van der Waals surface area contributed by atoms with Crippen molar-refractivity contribution in [1.29, 1.82) is 0 Å². The lowest BCUT2D eigenvalue weighted by molar-refractivity contribution is -0.148. The van der Waals surface area contributed by atoms with E-state index in [0.29, 0.717) is 12.2 Å². The van der Waals surface area contributed by atoms with Crippen LogP contribution in [0.1, 0.15) is 88.5 Å². The number of Topliss-reactive ketones (excluding diaryl/α,β-unsaturated/α-hetero) is 1. The van der Waals surface area contributed by atoms with Gasteiger partial charge >= 0.3 is 0 Å². The largest absolute Gasteiger partial charge is 0.351 e. The Morgan fingerprint density at radius 3 is 2.03 bits per heavy atom. The molecular weight excluding hydrogens is 438 g/mol. The molecule has 1 saturated heterocycles. The third kappa shape index (κ3) is 8.39. The highest BCUT2D eigenvalue weighted by atomic mass is 32.2. The van der Waals surface area contributed by atoms with Crippen LogP contribution in [0.2, 0.25) is 0 Å². The minimum absolute atomic E-state index is 0.00102. The molecule has 0 radical (unpaired) electrons. The van der Waals surface area contributed by atoms with E-state index in [0.717, 1.165) is 6.42 Å². The van der Waals surface area contributed by atoms with E-state index in [1.807, 2.05) is 41.5 Å². The zero-order valence-corrected chi connectivity index (χ0v) is 23.3. The van der Waals surface area contributed by atoms with Gasteiger partial charge in [-0.15, -0.1) is 11.8 Å². The molecule has 0 saturated carbocycles. The minimum atomic E-state index is -0.818. The minimum Gasteiger partial charge on any atom is -0.351 e. The lowest BCUT2D eigenvalue weighted by Crippen LogP contribution is -2.55. The SMILES string of the molecule is CNC(CSC1CC(=O)N(C(C)(C)CC(C)(C)C(=O)NC(C)(C)CC(C)(C)C)C1=O)C(C)=O. The number of nitrogens with one attached hydrogen (secondary N) is 2. The Balaban J connectivity index is 2.92. The molecule has 3 amide bonds. The van der Waals surface area contributed by atoms with Crippen LogP contribution in [-0.4, -0.2) is 63.6 Å². The van der Waals surface area contributed by atoms with Crippen molar-refractivity contribution in [2.75, 3.05) is 12.8 Å². The summed E-state index contributed by atoms with van der Waals surface area (Å²) in [6.45, 7) is 19.4. The van der Waals surface area contributed by atoms with E-state index in [9.17, 15) is 19.2 Å². The average Bonchev–Trinajstić information content (AvgIpc) is 2.85. The van der Waals surface area contributed by atoms with E-state index in [2.05, 4.69) is 31.4 Å². The van der Waals surface area contributed by atoms with Gasteiger partial charge in [-0.3, -0.25) is 24.1 Å². The molecule has 0 aromatic rings. The lowest BCUT2D eigenvalue weighted by atomic mass is 9.76. The normalized spacial score (nSPS) is 19.1. The summed E-state index contributed by atoms with van der Waals surface area (Å²) in [6, 6.07) is -0.348. The number of rotatable bonds is 11. The summed E-state index contributed by atoms with van der Waals surface area (Å²) in [5.41, 5.74) is -1.91. The Hall–Kier alpha value is -1.41. The highest BCUT2D eigenvalue weighted by molar-refractivity contribution is 8.00. The van der Waals surface area contributed by atoms with E-state index < -0.39 is 16.2 Å². The quantitative estimate of drug-likeness (QED) is 0.436. The van der Waals surface area contributed by atoms with Crippen LogP contribution in [-0.2, 0) is 19.2 Å². The second-order valence-corrected chi connectivity index (χ2v) is 13.7. The van der Waals surface area contributed by atoms with Gasteiger partial charge in [0.05, 0.1) is 11.3 Å². The maximum atomic E-state index is 13.2. The summed E-state index contributed by atoms with van der Waals surface area (Å²) in [7, 11) is 1.71. The van der Waals surface area contributed by atoms with Gasteiger partial charge in [-0.05, 0) is 59.9 Å². The first-order valence-corrected chi connectivity index (χ1v) is 12.8. The third-order valence-electron chi connectivity index (χ3n) is 5.93. The molecule has 1 fully saturated rings. The number of carbonyl (C=O) groups excluding carboxylic acids is 4. The highest BCUT2D eigenvalue weighted by Crippen LogP contribution is 2.38. The second-order valence-electron chi connectivity index (χ2n) is 12.5. The maximum Gasteiger partial charge on any atom is 0.243 e. The fourth-order valence-corrected chi connectivity index (χ4v) is 6.41. The van der Waals surface area contributed by atoms with E-state index in [4.69, 9.17) is 0 Å². The number of ketones is 1. The number of carbonyl (C=O) groups is 4. The molecule has 1 aliphatic rings. The molecule has 0 aromatic heterocycles. The van der Waals surface area contributed by atoms with Gasteiger partial charge in [0.15, 0.2) is 0 Å². The van der Waals surface area contributed by atoms with Crippen LogP contribution in [0.5, 0.6) is 0 Å². The van der Waals surface area contributed by atoms with Crippen molar-refractivity contribution in [2.24, 2.45) is 10.8 Å². The van der Waals surface area contributed by atoms with Crippen molar-refractivity contribution in [2.45, 2.75) is 111 Å². The van der Waals surface area contributed by atoms with Crippen LogP contribution in [0.3, 0.4) is 0 Å².